The molecule has 2 aromatic rings. The van der Waals surface area contributed by atoms with Gasteiger partial charge in [0.1, 0.15) is 10.9 Å². The number of fused-ring (bicyclic) bond motifs is 3. The summed E-state index contributed by atoms with van der Waals surface area (Å²) in [6, 6.07) is 12.8. The SMILES string of the molecule is N#Cc1cc2c(s1)-c1ccccc1CC2. The summed E-state index contributed by atoms with van der Waals surface area (Å²) >= 11 is 1.62. The van der Waals surface area contributed by atoms with Gasteiger partial charge in [0, 0.05) is 4.88 Å². The van der Waals surface area contributed by atoms with E-state index in [1.165, 1.54) is 21.6 Å². The highest BCUT2D eigenvalue weighted by atomic mass is 32.1. The van der Waals surface area contributed by atoms with E-state index >= 15 is 0 Å². The lowest BCUT2D eigenvalue weighted by Gasteiger charge is -2.15. The Morgan fingerprint density at radius 3 is 2.80 bits per heavy atom. The van der Waals surface area contributed by atoms with Crippen molar-refractivity contribution in [1.29, 1.82) is 5.26 Å². The van der Waals surface area contributed by atoms with Crippen molar-refractivity contribution in [2.45, 2.75) is 12.8 Å². The van der Waals surface area contributed by atoms with E-state index in [1.807, 2.05) is 6.07 Å². The number of hydrogen-bond donors (Lipinski definition) is 0. The highest BCUT2D eigenvalue weighted by Gasteiger charge is 2.18. The summed E-state index contributed by atoms with van der Waals surface area (Å²) in [6.45, 7) is 0. The van der Waals surface area contributed by atoms with Crippen molar-refractivity contribution in [2.75, 3.05) is 0 Å². The molecule has 1 aliphatic carbocycles. The Morgan fingerprint density at radius 1 is 1.13 bits per heavy atom. The summed E-state index contributed by atoms with van der Waals surface area (Å²) in [4.78, 5) is 2.13. The molecule has 0 amide bonds. The number of aryl methyl sites for hydroxylation is 2. The van der Waals surface area contributed by atoms with Crippen molar-refractivity contribution in [3.63, 3.8) is 0 Å². The maximum Gasteiger partial charge on any atom is 0.110 e. The lowest BCUT2D eigenvalue weighted by Crippen LogP contribution is -2.00. The van der Waals surface area contributed by atoms with E-state index in [1.54, 1.807) is 11.3 Å². The zero-order valence-corrected chi connectivity index (χ0v) is 8.97. The second kappa shape index (κ2) is 3.22. The van der Waals surface area contributed by atoms with Crippen LogP contribution in [0.4, 0.5) is 0 Å². The summed E-state index contributed by atoms with van der Waals surface area (Å²) in [7, 11) is 0. The smallest absolute Gasteiger partial charge is 0.110 e. The fourth-order valence-corrected chi connectivity index (χ4v) is 3.19. The zero-order chi connectivity index (χ0) is 10.3. The maximum atomic E-state index is 8.90. The van der Waals surface area contributed by atoms with Gasteiger partial charge in [0.25, 0.3) is 0 Å². The second-order valence-electron chi connectivity index (χ2n) is 3.73. The summed E-state index contributed by atoms with van der Waals surface area (Å²) in [5.74, 6) is 0. The number of nitrogens with zero attached hydrogens (tertiary/aromatic N) is 1. The molecule has 0 saturated heterocycles. The predicted molar refractivity (Wildman–Crippen MR) is 61.9 cm³/mol. The molecule has 1 aliphatic rings. The molecule has 0 saturated carbocycles. The molecule has 1 aromatic heterocycles. The summed E-state index contributed by atoms with van der Waals surface area (Å²) in [6.07, 6.45) is 2.18. The number of nitriles is 1. The Bertz CT molecular complexity index is 560. The monoisotopic (exact) mass is 211 g/mol. The molecule has 72 valence electrons. The molecule has 0 bridgehead atoms. The molecule has 0 atom stereocenters. The largest absolute Gasteiger partial charge is 0.192 e. The molecule has 0 fully saturated rings. The van der Waals surface area contributed by atoms with Crippen LogP contribution in [0.15, 0.2) is 30.3 Å². The van der Waals surface area contributed by atoms with E-state index in [0.717, 1.165) is 17.7 Å². The van der Waals surface area contributed by atoms with Gasteiger partial charge in [-0.05, 0) is 35.6 Å². The van der Waals surface area contributed by atoms with Crippen LogP contribution in [-0.2, 0) is 12.8 Å². The average molecular weight is 211 g/mol. The lowest BCUT2D eigenvalue weighted by atomic mass is 9.92. The molecule has 1 heterocycles. The third kappa shape index (κ3) is 1.28. The van der Waals surface area contributed by atoms with Crippen LogP contribution in [0, 0.1) is 11.3 Å². The number of rotatable bonds is 0. The van der Waals surface area contributed by atoms with Crippen LogP contribution in [0.3, 0.4) is 0 Å². The maximum absolute atomic E-state index is 8.90. The zero-order valence-electron chi connectivity index (χ0n) is 8.16. The van der Waals surface area contributed by atoms with Crippen molar-refractivity contribution in [3.8, 4) is 16.5 Å². The third-order valence-corrected chi connectivity index (χ3v) is 3.96. The van der Waals surface area contributed by atoms with Crippen molar-refractivity contribution in [3.05, 3.63) is 46.3 Å². The molecule has 0 spiro atoms. The van der Waals surface area contributed by atoms with E-state index in [0.29, 0.717) is 0 Å². The van der Waals surface area contributed by atoms with Gasteiger partial charge >= 0.3 is 0 Å². The fourth-order valence-electron chi connectivity index (χ4n) is 2.13. The first-order valence-corrected chi connectivity index (χ1v) is 5.81. The Morgan fingerprint density at radius 2 is 1.93 bits per heavy atom. The first-order chi connectivity index (χ1) is 7.38. The van der Waals surface area contributed by atoms with Crippen LogP contribution in [0.25, 0.3) is 10.4 Å². The predicted octanol–water partition coefficient (Wildman–Crippen LogP) is 3.39. The van der Waals surface area contributed by atoms with Crippen molar-refractivity contribution < 1.29 is 0 Å². The number of hydrogen-bond acceptors (Lipinski definition) is 2. The number of benzene rings is 1. The minimum Gasteiger partial charge on any atom is -0.192 e. The molecular weight excluding hydrogens is 202 g/mol. The highest BCUT2D eigenvalue weighted by molar-refractivity contribution is 7.16. The van der Waals surface area contributed by atoms with Gasteiger partial charge in [0.15, 0.2) is 0 Å². The van der Waals surface area contributed by atoms with Gasteiger partial charge in [-0.15, -0.1) is 11.3 Å². The minimum absolute atomic E-state index is 0.830. The number of thiophene rings is 1. The molecule has 3 rings (SSSR count). The Hall–Kier alpha value is -1.59. The Balaban J connectivity index is 2.25. The fraction of sp³-hybridized carbons (Fsp3) is 0.154. The first kappa shape index (κ1) is 8.70. The van der Waals surface area contributed by atoms with Gasteiger partial charge in [0.2, 0.25) is 0 Å². The third-order valence-electron chi connectivity index (χ3n) is 2.84. The standard InChI is InChI=1S/C13H9NS/c14-8-11-7-10-6-5-9-3-1-2-4-12(9)13(10)15-11/h1-4,7H,5-6H2. The Kier molecular flexibility index (Phi) is 1.87. The lowest BCUT2D eigenvalue weighted by molar-refractivity contribution is 0.950. The minimum atomic E-state index is 0.830. The van der Waals surface area contributed by atoms with Crippen molar-refractivity contribution in [1.82, 2.24) is 0 Å². The average Bonchev–Trinajstić information content (AvgIpc) is 2.72. The summed E-state index contributed by atoms with van der Waals surface area (Å²) in [5.41, 5.74) is 4.08. The van der Waals surface area contributed by atoms with Crippen LogP contribution < -0.4 is 0 Å². The topological polar surface area (TPSA) is 23.8 Å². The van der Waals surface area contributed by atoms with E-state index in [4.69, 9.17) is 5.26 Å². The molecule has 15 heavy (non-hydrogen) atoms. The van der Waals surface area contributed by atoms with E-state index in [-0.39, 0.29) is 0 Å². The molecule has 0 N–H and O–H groups in total. The van der Waals surface area contributed by atoms with Crippen LogP contribution >= 0.6 is 11.3 Å². The first-order valence-electron chi connectivity index (χ1n) is 4.99. The van der Waals surface area contributed by atoms with Crippen LogP contribution in [-0.4, -0.2) is 0 Å². The van der Waals surface area contributed by atoms with Crippen molar-refractivity contribution in [2.24, 2.45) is 0 Å². The van der Waals surface area contributed by atoms with Crippen molar-refractivity contribution >= 4 is 11.3 Å². The second-order valence-corrected chi connectivity index (χ2v) is 4.79. The Labute approximate surface area is 92.6 Å². The molecule has 1 aromatic carbocycles. The van der Waals surface area contributed by atoms with Gasteiger partial charge in [-0.25, -0.2) is 0 Å². The van der Waals surface area contributed by atoms with Gasteiger partial charge in [-0.3, -0.25) is 0 Å². The summed E-state index contributed by atoms with van der Waals surface area (Å²) < 4.78 is 0. The highest BCUT2D eigenvalue weighted by Crippen LogP contribution is 2.39. The van der Waals surface area contributed by atoms with Gasteiger partial charge in [-0.2, -0.15) is 5.26 Å². The molecule has 0 aliphatic heterocycles. The van der Waals surface area contributed by atoms with Gasteiger partial charge in [0.05, 0.1) is 0 Å². The molecule has 1 nitrogen and oxygen atoms in total. The molecule has 0 unspecified atom stereocenters. The molecule has 2 heteroatoms. The molecular formula is C13H9NS. The normalized spacial score (nSPS) is 12.7. The van der Waals surface area contributed by atoms with E-state index in [2.05, 4.69) is 30.3 Å². The van der Waals surface area contributed by atoms with Gasteiger partial charge in [-0.1, -0.05) is 24.3 Å². The van der Waals surface area contributed by atoms with Crippen LogP contribution in [0.1, 0.15) is 16.0 Å². The van der Waals surface area contributed by atoms with E-state index < -0.39 is 0 Å². The van der Waals surface area contributed by atoms with E-state index in [9.17, 15) is 0 Å². The van der Waals surface area contributed by atoms with Crippen LogP contribution in [0.2, 0.25) is 0 Å². The van der Waals surface area contributed by atoms with Gasteiger partial charge < -0.3 is 0 Å². The van der Waals surface area contributed by atoms with Crippen LogP contribution in [0.5, 0.6) is 0 Å². The quantitative estimate of drug-likeness (QED) is 0.655. The molecule has 0 radical (unpaired) electrons. The summed E-state index contributed by atoms with van der Waals surface area (Å²) in [5, 5.41) is 8.90.